The highest BCUT2D eigenvalue weighted by atomic mass is 35.5. The van der Waals surface area contributed by atoms with Crippen LogP contribution in [0.25, 0.3) is 0 Å². The minimum Gasteiger partial charge on any atom is -0.258 e. The minimum absolute atomic E-state index is 0.101. The Morgan fingerprint density at radius 3 is 2.67 bits per heavy atom. The van der Waals surface area contributed by atoms with Crippen LogP contribution in [0.5, 0.6) is 0 Å². The van der Waals surface area contributed by atoms with Gasteiger partial charge in [0.25, 0.3) is 15.7 Å². The van der Waals surface area contributed by atoms with Crippen LogP contribution in [0.15, 0.2) is 10.3 Å². The van der Waals surface area contributed by atoms with Crippen LogP contribution in [0, 0.1) is 16.0 Å². The van der Waals surface area contributed by atoms with Crippen molar-refractivity contribution in [3.05, 3.63) is 20.5 Å². The van der Waals surface area contributed by atoms with Gasteiger partial charge in [0.1, 0.15) is 4.21 Å². The predicted molar refractivity (Wildman–Crippen MR) is 82.3 cm³/mol. The van der Waals surface area contributed by atoms with E-state index in [1.165, 1.54) is 0 Å². The molecule has 1 aromatic rings. The summed E-state index contributed by atoms with van der Waals surface area (Å²) in [7, 11) is -3.76. The fourth-order valence-electron chi connectivity index (χ4n) is 2.52. The van der Waals surface area contributed by atoms with Crippen molar-refractivity contribution < 1.29 is 13.3 Å². The van der Waals surface area contributed by atoms with E-state index < -0.39 is 14.9 Å². The van der Waals surface area contributed by atoms with Crippen LogP contribution in [-0.4, -0.2) is 19.4 Å². The maximum atomic E-state index is 12.4. The smallest absolute Gasteiger partial charge is 0.258 e. The van der Waals surface area contributed by atoms with E-state index in [2.05, 4.69) is 4.72 Å². The van der Waals surface area contributed by atoms with Crippen molar-refractivity contribution in [3.63, 3.8) is 0 Å². The van der Waals surface area contributed by atoms with Gasteiger partial charge in [-0.1, -0.05) is 37.8 Å². The molecule has 2 rings (SSSR count). The number of nitrogens with zero attached hydrogens (tertiary/aromatic N) is 1. The topological polar surface area (TPSA) is 89.3 Å². The zero-order chi connectivity index (χ0) is 15.6. The Bertz CT molecular complexity index is 629. The second-order valence-electron chi connectivity index (χ2n) is 5.32. The van der Waals surface area contributed by atoms with Crippen LogP contribution in [0.4, 0.5) is 5.69 Å². The highest BCUT2D eigenvalue weighted by Crippen LogP contribution is 2.36. The van der Waals surface area contributed by atoms with Crippen molar-refractivity contribution in [2.24, 2.45) is 5.92 Å². The lowest BCUT2D eigenvalue weighted by Crippen LogP contribution is -2.38. The summed E-state index contributed by atoms with van der Waals surface area (Å²) in [6.07, 6.45) is 4.98. The summed E-state index contributed by atoms with van der Waals surface area (Å²) in [5.41, 5.74) is -0.365. The number of halogens is 1. The maximum Gasteiger partial charge on any atom is 0.300 e. The van der Waals surface area contributed by atoms with Gasteiger partial charge in [-0.3, -0.25) is 10.1 Å². The average Bonchev–Trinajstić information content (AvgIpc) is 2.69. The van der Waals surface area contributed by atoms with Gasteiger partial charge in [0.2, 0.25) is 0 Å². The number of rotatable bonds is 4. The molecule has 6 nitrogen and oxygen atoms in total. The summed E-state index contributed by atoms with van der Waals surface area (Å²) < 4.78 is 27.2. The Labute approximate surface area is 132 Å². The van der Waals surface area contributed by atoms with Gasteiger partial charge in [0, 0.05) is 12.1 Å². The zero-order valence-corrected chi connectivity index (χ0v) is 13.9. The summed E-state index contributed by atoms with van der Waals surface area (Å²) in [4.78, 5) is 10.1. The molecule has 1 heterocycles. The summed E-state index contributed by atoms with van der Waals surface area (Å²) in [6.45, 7) is 2.03. The lowest BCUT2D eigenvalue weighted by molar-refractivity contribution is -0.384. The predicted octanol–water partition coefficient (Wildman–Crippen LogP) is 3.56. The molecule has 0 radical (unpaired) electrons. The van der Waals surface area contributed by atoms with Gasteiger partial charge in [-0.05, 0) is 18.8 Å². The van der Waals surface area contributed by atoms with Crippen LogP contribution in [0.2, 0.25) is 4.34 Å². The van der Waals surface area contributed by atoms with Gasteiger partial charge < -0.3 is 0 Å². The van der Waals surface area contributed by atoms with E-state index in [0.717, 1.165) is 49.5 Å². The molecular weight excluding hydrogens is 336 g/mol. The summed E-state index contributed by atoms with van der Waals surface area (Å²) in [5.74, 6) is 0.257. The van der Waals surface area contributed by atoms with E-state index in [-0.39, 0.29) is 26.2 Å². The highest BCUT2D eigenvalue weighted by molar-refractivity contribution is 7.91. The fourth-order valence-corrected chi connectivity index (χ4v) is 5.58. The number of hydrogen-bond acceptors (Lipinski definition) is 5. The molecule has 1 aliphatic carbocycles. The molecule has 0 bridgehead atoms. The molecule has 0 aliphatic heterocycles. The second kappa shape index (κ2) is 6.60. The molecule has 118 valence electrons. The highest BCUT2D eigenvalue weighted by Gasteiger charge is 2.29. The van der Waals surface area contributed by atoms with Crippen LogP contribution in [0.3, 0.4) is 0 Å². The Balaban J connectivity index is 2.21. The first-order valence-corrected chi connectivity index (χ1v) is 9.45. The monoisotopic (exact) mass is 352 g/mol. The fraction of sp³-hybridized carbons (Fsp3) is 0.667. The molecule has 0 aromatic carbocycles. The SMILES string of the molecule is CC1CCCCCC1NS(=O)(=O)c1cc([N+](=O)[O-])c(Cl)s1. The molecule has 9 heteroatoms. The van der Waals surface area contributed by atoms with Crippen molar-refractivity contribution in [2.75, 3.05) is 0 Å². The number of hydrogen-bond donors (Lipinski definition) is 1. The maximum absolute atomic E-state index is 12.4. The van der Waals surface area contributed by atoms with Gasteiger partial charge in [-0.2, -0.15) is 0 Å². The van der Waals surface area contributed by atoms with Crippen molar-refractivity contribution in [3.8, 4) is 0 Å². The Morgan fingerprint density at radius 2 is 2.05 bits per heavy atom. The largest absolute Gasteiger partial charge is 0.300 e. The molecule has 21 heavy (non-hydrogen) atoms. The van der Waals surface area contributed by atoms with E-state index in [4.69, 9.17) is 11.6 Å². The summed E-state index contributed by atoms with van der Waals surface area (Å²) in [5, 5.41) is 10.8. The summed E-state index contributed by atoms with van der Waals surface area (Å²) >= 11 is 6.45. The molecule has 0 saturated heterocycles. The van der Waals surface area contributed by atoms with E-state index in [1.54, 1.807) is 0 Å². The number of nitro groups is 1. The Hall–Kier alpha value is -0.700. The van der Waals surface area contributed by atoms with Gasteiger partial charge in [0.05, 0.1) is 4.92 Å². The minimum atomic E-state index is -3.76. The van der Waals surface area contributed by atoms with Crippen LogP contribution in [-0.2, 0) is 10.0 Å². The van der Waals surface area contributed by atoms with Crippen molar-refractivity contribution in [1.82, 2.24) is 4.72 Å². The average molecular weight is 353 g/mol. The lowest BCUT2D eigenvalue weighted by atomic mass is 9.98. The summed E-state index contributed by atoms with van der Waals surface area (Å²) in [6, 6.07) is 0.897. The third kappa shape index (κ3) is 3.94. The number of nitrogens with one attached hydrogen (secondary N) is 1. The molecule has 0 spiro atoms. The van der Waals surface area contributed by atoms with Gasteiger partial charge in [-0.25, -0.2) is 13.1 Å². The first kappa shape index (κ1) is 16.7. The third-order valence-corrected chi connectivity index (χ3v) is 7.08. The number of thiophene rings is 1. The van der Waals surface area contributed by atoms with Gasteiger partial charge in [-0.15, -0.1) is 11.3 Å². The molecule has 0 amide bonds. The van der Waals surface area contributed by atoms with Crippen LogP contribution >= 0.6 is 22.9 Å². The van der Waals surface area contributed by atoms with Gasteiger partial charge in [0.15, 0.2) is 4.34 Å². The molecular formula is C12H17ClN2O4S2. The van der Waals surface area contributed by atoms with E-state index in [1.807, 2.05) is 6.92 Å². The third-order valence-electron chi connectivity index (χ3n) is 3.78. The standard InChI is InChI=1S/C12H17ClN2O4S2/c1-8-5-3-2-4-6-9(8)14-21(18,19)11-7-10(15(16)17)12(13)20-11/h7-9,14H,2-6H2,1H3. The zero-order valence-electron chi connectivity index (χ0n) is 11.5. The Kier molecular flexibility index (Phi) is 5.24. The van der Waals surface area contributed by atoms with Crippen LogP contribution in [0.1, 0.15) is 39.0 Å². The molecule has 2 atom stereocenters. The van der Waals surface area contributed by atoms with Crippen molar-refractivity contribution >= 4 is 38.6 Å². The van der Waals surface area contributed by atoms with Crippen molar-refractivity contribution in [1.29, 1.82) is 0 Å². The normalized spacial score (nSPS) is 23.7. The van der Waals surface area contributed by atoms with E-state index in [0.29, 0.717) is 0 Å². The van der Waals surface area contributed by atoms with E-state index >= 15 is 0 Å². The van der Waals surface area contributed by atoms with E-state index in [9.17, 15) is 18.5 Å². The molecule has 2 unspecified atom stereocenters. The quantitative estimate of drug-likeness (QED) is 0.509. The van der Waals surface area contributed by atoms with Crippen LogP contribution < -0.4 is 4.72 Å². The molecule has 1 N–H and O–H groups in total. The number of sulfonamides is 1. The second-order valence-corrected chi connectivity index (χ2v) is 8.92. The first-order chi connectivity index (χ1) is 9.81. The molecule has 1 aliphatic rings. The lowest BCUT2D eigenvalue weighted by Gasteiger charge is -2.22. The van der Waals surface area contributed by atoms with Crippen molar-refractivity contribution in [2.45, 2.75) is 49.3 Å². The molecule has 1 aromatic heterocycles. The van der Waals surface area contributed by atoms with Gasteiger partial charge >= 0.3 is 0 Å². The Morgan fingerprint density at radius 1 is 1.38 bits per heavy atom. The molecule has 1 saturated carbocycles. The molecule has 1 fully saturated rings. The first-order valence-electron chi connectivity index (χ1n) is 6.77.